The van der Waals surface area contributed by atoms with Crippen LogP contribution in [0.1, 0.15) is 43.4 Å². The average molecular weight is 492 g/mol. The van der Waals surface area contributed by atoms with E-state index in [0.717, 1.165) is 50.0 Å². The molecule has 0 spiro atoms. The maximum Gasteiger partial charge on any atom is 0.227 e. The highest BCUT2D eigenvalue weighted by Gasteiger charge is 2.27. The predicted octanol–water partition coefficient (Wildman–Crippen LogP) is 3.69. The van der Waals surface area contributed by atoms with Crippen molar-refractivity contribution in [2.45, 2.75) is 49.6 Å². The number of sulfone groups is 1. The van der Waals surface area contributed by atoms with Crippen molar-refractivity contribution in [3.8, 4) is 0 Å². The van der Waals surface area contributed by atoms with E-state index in [9.17, 15) is 13.2 Å². The Kier molecular flexibility index (Phi) is 8.93. The van der Waals surface area contributed by atoms with E-state index in [-0.39, 0.29) is 29.3 Å². The van der Waals surface area contributed by atoms with E-state index in [1.165, 1.54) is 6.26 Å². The van der Waals surface area contributed by atoms with Crippen LogP contribution in [0, 0.1) is 0 Å². The summed E-state index contributed by atoms with van der Waals surface area (Å²) in [6.07, 6.45) is 4.25. The molecule has 1 saturated heterocycles. The average Bonchev–Trinajstić information content (AvgIpc) is 2.79. The van der Waals surface area contributed by atoms with E-state index in [0.29, 0.717) is 11.6 Å². The normalized spacial score (nSPS) is 16.5. The summed E-state index contributed by atoms with van der Waals surface area (Å²) in [7, 11) is -3.23. The molecule has 8 heteroatoms. The second-order valence-corrected chi connectivity index (χ2v) is 11.2. The lowest BCUT2D eigenvalue weighted by molar-refractivity contribution is -0.133. The third kappa shape index (κ3) is 7.27. The smallest absolute Gasteiger partial charge is 0.227 e. The molecule has 0 aromatic heterocycles. The Balaban J connectivity index is 1.48. The van der Waals surface area contributed by atoms with Crippen molar-refractivity contribution in [1.82, 2.24) is 9.80 Å². The molecule has 3 rings (SSSR count). The molecule has 2 N–H and O–H groups in total. The van der Waals surface area contributed by atoms with Gasteiger partial charge in [0.15, 0.2) is 9.84 Å². The van der Waals surface area contributed by atoms with Crippen LogP contribution in [0.15, 0.2) is 53.4 Å². The maximum absolute atomic E-state index is 13.0. The predicted molar refractivity (Wildman–Crippen MR) is 133 cm³/mol. The van der Waals surface area contributed by atoms with Crippen LogP contribution in [-0.2, 0) is 21.1 Å². The highest BCUT2D eigenvalue weighted by Crippen LogP contribution is 2.21. The third-order valence-corrected chi connectivity index (χ3v) is 7.80. The number of carbonyl (C=O) groups is 1. The van der Waals surface area contributed by atoms with Crippen LogP contribution in [0.2, 0.25) is 5.02 Å². The number of piperidine rings is 1. The Morgan fingerprint density at radius 2 is 1.73 bits per heavy atom. The lowest BCUT2D eigenvalue weighted by atomic mass is 10.00. The molecule has 1 aliphatic heterocycles. The zero-order valence-electron chi connectivity index (χ0n) is 19.4. The van der Waals surface area contributed by atoms with Gasteiger partial charge in [0.2, 0.25) is 5.91 Å². The van der Waals surface area contributed by atoms with Crippen molar-refractivity contribution in [3.63, 3.8) is 0 Å². The van der Waals surface area contributed by atoms with Gasteiger partial charge in [-0.25, -0.2) is 8.42 Å². The molecule has 1 fully saturated rings. The van der Waals surface area contributed by atoms with Gasteiger partial charge in [-0.05, 0) is 68.1 Å². The number of hydrogen-bond donors (Lipinski definition) is 1. The molecule has 0 aliphatic carbocycles. The lowest BCUT2D eigenvalue weighted by Gasteiger charge is -2.38. The monoisotopic (exact) mass is 491 g/mol. The number of hydrogen-bond acceptors (Lipinski definition) is 5. The number of benzene rings is 2. The van der Waals surface area contributed by atoms with Crippen molar-refractivity contribution >= 4 is 27.3 Å². The second kappa shape index (κ2) is 11.5. The summed E-state index contributed by atoms with van der Waals surface area (Å²) < 4.78 is 23.3. The van der Waals surface area contributed by atoms with E-state index < -0.39 is 9.84 Å². The largest absolute Gasteiger partial charge is 0.340 e. The van der Waals surface area contributed by atoms with E-state index >= 15 is 0 Å². The third-order valence-electron chi connectivity index (χ3n) is 6.42. The molecule has 0 bridgehead atoms. The van der Waals surface area contributed by atoms with Gasteiger partial charge in [0.25, 0.3) is 0 Å². The number of nitrogens with two attached hydrogens (primary N) is 1. The molecule has 33 heavy (non-hydrogen) atoms. The van der Waals surface area contributed by atoms with Gasteiger partial charge in [-0.3, -0.25) is 4.79 Å². The standard InChI is InChI=1S/C25H34ClN3O3S/c1-3-29(25(30)18-19-4-10-23(11-5-19)33(2,31)32)22-12-15-28(16-13-22)17-14-24(27)20-6-8-21(26)9-7-20/h4-11,22,24H,3,12-18,27H2,1-2H3. The maximum atomic E-state index is 13.0. The first-order valence-electron chi connectivity index (χ1n) is 11.5. The van der Waals surface area contributed by atoms with Gasteiger partial charge in [-0.15, -0.1) is 0 Å². The van der Waals surface area contributed by atoms with Gasteiger partial charge < -0.3 is 15.5 Å². The van der Waals surface area contributed by atoms with Gasteiger partial charge in [-0.2, -0.15) is 0 Å². The topological polar surface area (TPSA) is 83.7 Å². The van der Waals surface area contributed by atoms with Crippen molar-refractivity contribution in [2.24, 2.45) is 5.73 Å². The van der Waals surface area contributed by atoms with Gasteiger partial charge in [0, 0.05) is 43.0 Å². The molecular formula is C25H34ClN3O3S. The van der Waals surface area contributed by atoms with Crippen LogP contribution in [0.4, 0.5) is 0 Å². The molecule has 1 aliphatic rings. The minimum Gasteiger partial charge on any atom is -0.340 e. The minimum atomic E-state index is -3.23. The number of likely N-dealkylation sites (tertiary alicyclic amines) is 1. The van der Waals surface area contributed by atoms with Crippen LogP contribution in [0.3, 0.4) is 0 Å². The minimum absolute atomic E-state index is 0.0113. The molecule has 6 nitrogen and oxygen atoms in total. The molecule has 0 radical (unpaired) electrons. The highest BCUT2D eigenvalue weighted by molar-refractivity contribution is 7.90. The summed E-state index contributed by atoms with van der Waals surface area (Å²) in [5.74, 6) is 0.0906. The van der Waals surface area contributed by atoms with Crippen molar-refractivity contribution < 1.29 is 13.2 Å². The molecular weight excluding hydrogens is 458 g/mol. The van der Waals surface area contributed by atoms with Gasteiger partial charge in [0.1, 0.15) is 0 Å². The number of halogens is 1. The zero-order chi connectivity index (χ0) is 24.0. The summed E-state index contributed by atoms with van der Waals surface area (Å²) in [4.78, 5) is 17.6. The van der Waals surface area contributed by atoms with Crippen molar-refractivity contribution in [1.29, 1.82) is 0 Å². The van der Waals surface area contributed by atoms with Crippen molar-refractivity contribution in [3.05, 3.63) is 64.7 Å². The van der Waals surface area contributed by atoms with Crippen LogP contribution in [0.25, 0.3) is 0 Å². The zero-order valence-corrected chi connectivity index (χ0v) is 21.0. The molecule has 180 valence electrons. The number of rotatable bonds is 9. The molecule has 1 atom stereocenters. The fourth-order valence-corrected chi connectivity index (χ4v) is 5.18. The van der Waals surface area contributed by atoms with E-state index in [1.807, 2.05) is 36.1 Å². The summed E-state index contributed by atoms with van der Waals surface area (Å²) in [5, 5.41) is 0.717. The lowest BCUT2D eigenvalue weighted by Crippen LogP contribution is -2.48. The van der Waals surface area contributed by atoms with Crippen LogP contribution in [0.5, 0.6) is 0 Å². The Morgan fingerprint density at radius 3 is 2.27 bits per heavy atom. The van der Waals surface area contributed by atoms with Gasteiger partial charge in [0.05, 0.1) is 11.3 Å². The van der Waals surface area contributed by atoms with Crippen LogP contribution >= 0.6 is 11.6 Å². The first kappa shape index (κ1) is 25.7. The summed E-state index contributed by atoms with van der Waals surface area (Å²) in [6, 6.07) is 14.5. The Hall–Kier alpha value is -1.93. The number of carbonyl (C=O) groups excluding carboxylic acids is 1. The highest BCUT2D eigenvalue weighted by atomic mass is 35.5. The number of nitrogens with zero attached hydrogens (tertiary/aromatic N) is 2. The summed E-state index contributed by atoms with van der Waals surface area (Å²) in [6.45, 7) is 5.52. The molecule has 0 saturated carbocycles. The fraction of sp³-hybridized carbons (Fsp3) is 0.480. The first-order chi connectivity index (χ1) is 15.7. The van der Waals surface area contributed by atoms with Gasteiger partial charge in [-0.1, -0.05) is 35.9 Å². The Morgan fingerprint density at radius 1 is 1.12 bits per heavy atom. The van der Waals surface area contributed by atoms with E-state index in [1.54, 1.807) is 24.3 Å². The first-order valence-corrected chi connectivity index (χ1v) is 13.8. The Labute approximate surface area is 202 Å². The quantitative estimate of drug-likeness (QED) is 0.578. The molecule has 2 aromatic rings. The number of likely N-dealkylation sites (N-methyl/N-ethyl adjacent to an activating group) is 1. The fourth-order valence-electron chi connectivity index (χ4n) is 4.42. The summed E-state index contributed by atoms with van der Waals surface area (Å²) >= 11 is 5.96. The van der Waals surface area contributed by atoms with Crippen LogP contribution < -0.4 is 5.73 Å². The van der Waals surface area contributed by atoms with Crippen molar-refractivity contribution in [2.75, 3.05) is 32.4 Å². The van der Waals surface area contributed by atoms with E-state index in [2.05, 4.69) is 4.90 Å². The SMILES string of the molecule is CCN(C(=O)Cc1ccc(S(C)(=O)=O)cc1)C1CCN(CCC(N)c2ccc(Cl)cc2)CC1. The van der Waals surface area contributed by atoms with E-state index in [4.69, 9.17) is 17.3 Å². The summed E-state index contributed by atoms with van der Waals surface area (Å²) in [5.41, 5.74) is 8.28. The number of amides is 1. The molecule has 1 amide bonds. The second-order valence-electron chi connectivity index (χ2n) is 8.79. The molecule has 1 unspecified atom stereocenters. The molecule has 1 heterocycles. The van der Waals surface area contributed by atoms with Crippen LogP contribution in [-0.4, -0.2) is 62.6 Å². The van der Waals surface area contributed by atoms with Gasteiger partial charge >= 0.3 is 0 Å². The Bertz CT molecular complexity index is 1020. The molecule has 2 aromatic carbocycles.